The molecule has 3 aromatic rings. The summed E-state index contributed by atoms with van der Waals surface area (Å²) in [7, 11) is 0. The van der Waals surface area contributed by atoms with Crippen molar-refractivity contribution in [3.8, 4) is 0 Å². The molecule has 0 spiro atoms. The molecular weight excluding hydrogens is 350 g/mol. The molecule has 1 aliphatic heterocycles. The summed E-state index contributed by atoms with van der Waals surface area (Å²) in [4.78, 5) is 28.8. The monoisotopic (exact) mass is 365 g/mol. The third-order valence-electron chi connectivity index (χ3n) is 4.04. The first-order valence-electron chi connectivity index (χ1n) is 8.00. The first kappa shape index (κ1) is 16.2. The quantitative estimate of drug-likeness (QED) is 0.741. The molecule has 0 aliphatic carbocycles. The fraction of sp³-hybridized carbons (Fsp3) is 0.111. The van der Waals surface area contributed by atoms with Crippen LogP contribution in [0.5, 0.6) is 0 Å². The Morgan fingerprint density at radius 2 is 1.85 bits per heavy atom. The number of fused-ring (bicyclic) bond motifs is 1. The number of carbonyl (C=O) groups excluding carboxylic acids is 2. The normalized spacial score (nSPS) is 16.5. The van der Waals surface area contributed by atoms with Crippen LogP contribution in [0.2, 0.25) is 0 Å². The molecule has 0 saturated carbocycles. The van der Waals surface area contributed by atoms with E-state index in [0.29, 0.717) is 10.8 Å². The van der Waals surface area contributed by atoms with Crippen molar-refractivity contribution >= 4 is 49.9 Å². The van der Waals surface area contributed by atoms with E-state index >= 15 is 0 Å². The lowest BCUT2D eigenvalue weighted by molar-refractivity contribution is -0.119. The maximum absolute atomic E-state index is 12.6. The number of amides is 2. The zero-order valence-electron chi connectivity index (χ0n) is 13.6. The van der Waals surface area contributed by atoms with Gasteiger partial charge in [-0.3, -0.25) is 19.9 Å². The molecule has 1 aromatic heterocycles. The van der Waals surface area contributed by atoms with Crippen molar-refractivity contribution in [1.29, 1.82) is 0 Å². The molecule has 3 N–H and O–H groups in total. The van der Waals surface area contributed by atoms with E-state index in [1.54, 1.807) is 0 Å². The Morgan fingerprint density at radius 3 is 2.58 bits per heavy atom. The number of hydrogen-bond acceptors (Lipinski definition) is 6. The molecule has 8 heteroatoms. The summed E-state index contributed by atoms with van der Waals surface area (Å²) in [6.45, 7) is 0. The number of hydrazone groups is 1. The number of hydrogen-bond donors (Lipinski definition) is 2. The van der Waals surface area contributed by atoms with Crippen molar-refractivity contribution in [1.82, 2.24) is 4.98 Å². The maximum Gasteiger partial charge on any atom is 0.273 e. The Bertz CT molecular complexity index is 982. The fourth-order valence-corrected chi connectivity index (χ4v) is 3.64. The van der Waals surface area contributed by atoms with Gasteiger partial charge < -0.3 is 5.73 Å². The average molecular weight is 365 g/mol. The minimum Gasteiger partial charge on any atom is -0.368 e. The number of benzene rings is 2. The number of nitrogens with two attached hydrogens (primary N) is 1. The lowest BCUT2D eigenvalue weighted by Gasteiger charge is -2.20. The summed E-state index contributed by atoms with van der Waals surface area (Å²) in [5.41, 5.74) is 7.27. The molecule has 0 fully saturated rings. The third-order valence-corrected chi connectivity index (χ3v) is 4.99. The summed E-state index contributed by atoms with van der Waals surface area (Å²) in [5, 5.41) is 9.08. The number of rotatable bonds is 4. The summed E-state index contributed by atoms with van der Waals surface area (Å²) in [6, 6.07) is 16.1. The van der Waals surface area contributed by atoms with Crippen molar-refractivity contribution in [3.63, 3.8) is 0 Å². The number of para-hydroxylation sites is 2. The zero-order chi connectivity index (χ0) is 18.1. The van der Waals surface area contributed by atoms with Crippen LogP contribution in [0.3, 0.4) is 0 Å². The Hall–Kier alpha value is -3.26. The largest absolute Gasteiger partial charge is 0.368 e. The molecule has 1 aliphatic rings. The van der Waals surface area contributed by atoms with Gasteiger partial charge in [-0.15, -0.1) is 0 Å². The van der Waals surface area contributed by atoms with Crippen LogP contribution in [0.4, 0.5) is 10.8 Å². The second kappa shape index (κ2) is 6.57. The summed E-state index contributed by atoms with van der Waals surface area (Å²) < 4.78 is 0.983. The van der Waals surface area contributed by atoms with E-state index < -0.39 is 11.9 Å². The number of nitrogens with one attached hydrogen (secondary N) is 1. The predicted octanol–water partition coefficient (Wildman–Crippen LogP) is 2.35. The summed E-state index contributed by atoms with van der Waals surface area (Å²) in [6.07, 6.45) is 0.154. The van der Waals surface area contributed by atoms with Crippen molar-refractivity contribution < 1.29 is 9.59 Å². The molecule has 1 atom stereocenters. The first-order chi connectivity index (χ1) is 12.6. The molecule has 2 amide bonds. The van der Waals surface area contributed by atoms with Gasteiger partial charge in [0.05, 0.1) is 15.9 Å². The smallest absolute Gasteiger partial charge is 0.273 e. The second-order valence-corrected chi connectivity index (χ2v) is 6.82. The van der Waals surface area contributed by atoms with Crippen molar-refractivity contribution in [2.24, 2.45) is 10.8 Å². The van der Waals surface area contributed by atoms with Crippen LogP contribution in [-0.2, 0) is 9.59 Å². The number of anilines is 2. The standard InChI is InChI=1S/C18H15N5O2S/c19-16(24)14-10-13(22-23(14)11-6-2-1-3-7-11)17(25)21-18-20-12-8-4-5-9-15(12)26-18/h1-9,14H,10H2,(H2,19,24)(H,20,21,25). The van der Waals surface area contributed by atoms with E-state index in [-0.39, 0.29) is 18.0 Å². The average Bonchev–Trinajstić information content (AvgIpc) is 3.26. The molecular formula is C18H15N5O2S. The van der Waals surface area contributed by atoms with E-state index in [1.165, 1.54) is 16.3 Å². The van der Waals surface area contributed by atoms with Crippen molar-refractivity contribution in [2.45, 2.75) is 12.5 Å². The van der Waals surface area contributed by atoms with Gasteiger partial charge in [-0.25, -0.2) is 4.98 Å². The van der Waals surface area contributed by atoms with Crippen LogP contribution in [0, 0.1) is 0 Å². The Balaban J connectivity index is 1.58. The molecule has 4 rings (SSSR count). The van der Waals surface area contributed by atoms with Gasteiger partial charge in [0.15, 0.2) is 5.13 Å². The molecule has 26 heavy (non-hydrogen) atoms. The van der Waals surface area contributed by atoms with Crippen LogP contribution in [0.1, 0.15) is 6.42 Å². The van der Waals surface area contributed by atoms with Crippen LogP contribution in [-0.4, -0.2) is 28.6 Å². The van der Waals surface area contributed by atoms with Crippen molar-refractivity contribution in [2.75, 3.05) is 10.3 Å². The first-order valence-corrected chi connectivity index (χ1v) is 8.81. The molecule has 0 saturated heterocycles. The fourth-order valence-electron chi connectivity index (χ4n) is 2.78. The van der Waals surface area contributed by atoms with E-state index in [0.717, 1.165) is 10.2 Å². The van der Waals surface area contributed by atoms with Gasteiger partial charge in [-0.05, 0) is 24.3 Å². The number of carbonyl (C=O) groups is 2. The SMILES string of the molecule is NC(=O)C1CC(C(=O)Nc2nc3ccccc3s2)=NN1c1ccccc1. The zero-order valence-corrected chi connectivity index (χ0v) is 14.4. The van der Waals surface area contributed by atoms with Gasteiger partial charge in [0.2, 0.25) is 5.91 Å². The molecule has 2 aromatic carbocycles. The Morgan fingerprint density at radius 1 is 1.12 bits per heavy atom. The van der Waals surface area contributed by atoms with Gasteiger partial charge in [0.1, 0.15) is 11.8 Å². The number of thiazole rings is 1. The van der Waals surface area contributed by atoms with Gasteiger partial charge in [0.25, 0.3) is 5.91 Å². The van der Waals surface area contributed by atoms with Gasteiger partial charge >= 0.3 is 0 Å². The highest BCUT2D eigenvalue weighted by Crippen LogP contribution is 2.27. The molecule has 0 radical (unpaired) electrons. The maximum atomic E-state index is 12.6. The minimum absolute atomic E-state index is 0.154. The highest BCUT2D eigenvalue weighted by atomic mass is 32.1. The highest BCUT2D eigenvalue weighted by molar-refractivity contribution is 7.22. The molecule has 130 valence electrons. The topological polar surface area (TPSA) is 101 Å². The van der Waals surface area contributed by atoms with Gasteiger partial charge in [0, 0.05) is 6.42 Å². The Kier molecular flexibility index (Phi) is 4.10. The van der Waals surface area contributed by atoms with E-state index in [1.807, 2.05) is 54.6 Å². The lowest BCUT2D eigenvalue weighted by atomic mass is 10.1. The highest BCUT2D eigenvalue weighted by Gasteiger charge is 2.35. The van der Waals surface area contributed by atoms with Crippen LogP contribution >= 0.6 is 11.3 Å². The number of aromatic nitrogens is 1. The van der Waals surface area contributed by atoms with Crippen LogP contribution < -0.4 is 16.1 Å². The van der Waals surface area contributed by atoms with E-state index in [2.05, 4.69) is 15.4 Å². The van der Waals surface area contributed by atoms with Crippen LogP contribution in [0.25, 0.3) is 10.2 Å². The Labute approximate surface area is 153 Å². The van der Waals surface area contributed by atoms with Crippen molar-refractivity contribution in [3.05, 3.63) is 54.6 Å². The number of primary amides is 1. The molecule has 1 unspecified atom stereocenters. The predicted molar refractivity (Wildman–Crippen MR) is 102 cm³/mol. The summed E-state index contributed by atoms with van der Waals surface area (Å²) in [5.74, 6) is -0.908. The lowest BCUT2D eigenvalue weighted by Crippen LogP contribution is -2.39. The number of nitrogens with zero attached hydrogens (tertiary/aromatic N) is 3. The molecule has 2 heterocycles. The molecule has 7 nitrogen and oxygen atoms in total. The van der Waals surface area contributed by atoms with Gasteiger partial charge in [-0.2, -0.15) is 5.10 Å². The van der Waals surface area contributed by atoms with E-state index in [9.17, 15) is 9.59 Å². The summed E-state index contributed by atoms with van der Waals surface area (Å²) >= 11 is 1.39. The van der Waals surface area contributed by atoms with Gasteiger partial charge in [-0.1, -0.05) is 41.7 Å². The minimum atomic E-state index is -0.687. The third kappa shape index (κ3) is 3.02. The van der Waals surface area contributed by atoms with Crippen LogP contribution in [0.15, 0.2) is 59.7 Å². The van der Waals surface area contributed by atoms with E-state index in [4.69, 9.17) is 5.73 Å². The molecule has 0 bridgehead atoms. The second-order valence-electron chi connectivity index (χ2n) is 5.79.